The number of hydrogen-bond acceptors (Lipinski definition) is 1. The standard InChI is InChI=1S/C13H32OSi2/c1-9-10-11-12(2,3)16(7,8)14-13(4,5)15-6/h9-11,15H2,1-8H3. The van der Waals surface area contributed by atoms with Gasteiger partial charge >= 0.3 is 0 Å². The van der Waals surface area contributed by atoms with Crippen molar-refractivity contribution in [2.24, 2.45) is 0 Å². The lowest BCUT2D eigenvalue weighted by Gasteiger charge is -2.44. The smallest absolute Gasteiger partial charge is 0.192 e. The second kappa shape index (κ2) is 5.83. The fourth-order valence-corrected chi connectivity index (χ4v) is 5.92. The van der Waals surface area contributed by atoms with E-state index in [1.165, 1.54) is 19.3 Å². The first-order valence-corrected chi connectivity index (χ1v) is 11.8. The Morgan fingerprint density at radius 3 is 2.00 bits per heavy atom. The van der Waals surface area contributed by atoms with Gasteiger partial charge in [-0.25, -0.2) is 0 Å². The molecule has 0 atom stereocenters. The van der Waals surface area contributed by atoms with E-state index in [-0.39, 0.29) is 14.7 Å². The van der Waals surface area contributed by atoms with Crippen LogP contribution < -0.4 is 0 Å². The number of rotatable bonds is 7. The van der Waals surface area contributed by atoms with E-state index < -0.39 is 8.32 Å². The summed E-state index contributed by atoms with van der Waals surface area (Å²) in [7, 11) is -1.69. The normalized spacial score (nSPS) is 15.0. The lowest BCUT2D eigenvalue weighted by Crippen LogP contribution is -2.50. The predicted molar refractivity (Wildman–Crippen MR) is 80.6 cm³/mol. The summed E-state index contributed by atoms with van der Waals surface area (Å²) in [6.07, 6.45) is 3.93. The van der Waals surface area contributed by atoms with Gasteiger partial charge in [0.25, 0.3) is 0 Å². The van der Waals surface area contributed by atoms with Gasteiger partial charge in [0.15, 0.2) is 8.32 Å². The van der Waals surface area contributed by atoms with Gasteiger partial charge in [0.1, 0.15) is 0 Å². The molecular formula is C13H32OSi2. The largest absolute Gasteiger partial charge is 0.415 e. The Morgan fingerprint density at radius 2 is 1.62 bits per heavy atom. The predicted octanol–water partition coefficient (Wildman–Crippen LogP) is 4.13. The van der Waals surface area contributed by atoms with Crippen molar-refractivity contribution in [1.29, 1.82) is 0 Å². The zero-order valence-electron chi connectivity index (χ0n) is 12.7. The van der Waals surface area contributed by atoms with Crippen molar-refractivity contribution in [3.8, 4) is 0 Å². The third-order valence-electron chi connectivity index (χ3n) is 4.17. The molecule has 0 bridgehead atoms. The molecule has 0 aromatic rings. The molecule has 0 aliphatic carbocycles. The van der Waals surface area contributed by atoms with E-state index in [4.69, 9.17) is 4.43 Å². The maximum Gasteiger partial charge on any atom is 0.192 e. The van der Waals surface area contributed by atoms with Crippen LogP contribution in [0.2, 0.25) is 24.7 Å². The third kappa shape index (κ3) is 4.72. The molecule has 1 nitrogen and oxygen atoms in total. The Balaban J connectivity index is 4.62. The van der Waals surface area contributed by atoms with E-state index in [2.05, 4.69) is 54.3 Å². The summed E-state index contributed by atoms with van der Waals surface area (Å²) in [6, 6.07) is 0. The fraction of sp³-hybridized carbons (Fsp3) is 1.00. The molecule has 3 heteroatoms. The summed E-state index contributed by atoms with van der Waals surface area (Å²) in [5.74, 6) is 0. The molecule has 0 aromatic heterocycles. The topological polar surface area (TPSA) is 9.23 Å². The van der Waals surface area contributed by atoms with Gasteiger partial charge in [-0.3, -0.25) is 0 Å². The summed E-state index contributed by atoms with van der Waals surface area (Å²) in [5, 5.41) is 0.572. The van der Waals surface area contributed by atoms with Gasteiger partial charge < -0.3 is 4.43 Å². The molecule has 16 heavy (non-hydrogen) atoms. The third-order valence-corrected chi connectivity index (χ3v) is 10.9. The minimum absolute atomic E-state index is 0.103. The molecule has 0 fully saturated rings. The van der Waals surface area contributed by atoms with E-state index in [1.807, 2.05) is 0 Å². The first-order valence-electron chi connectivity index (χ1n) is 6.78. The van der Waals surface area contributed by atoms with Crippen LogP contribution in [0.1, 0.15) is 53.9 Å². The molecule has 0 aliphatic heterocycles. The summed E-state index contributed by atoms with van der Waals surface area (Å²) < 4.78 is 6.54. The van der Waals surface area contributed by atoms with Crippen LogP contribution in [0.25, 0.3) is 0 Å². The van der Waals surface area contributed by atoms with Crippen LogP contribution in [0.4, 0.5) is 0 Å². The zero-order chi connectivity index (χ0) is 13.0. The SMILES string of the molecule is CCCCC(C)(C)[Si](C)(C)OC(C)(C)[SiH2]C. The van der Waals surface area contributed by atoms with E-state index in [1.54, 1.807) is 0 Å². The molecule has 0 aliphatic rings. The molecule has 0 radical (unpaired) electrons. The maximum atomic E-state index is 6.54. The second-order valence-corrected chi connectivity index (χ2v) is 13.7. The lowest BCUT2D eigenvalue weighted by molar-refractivity contribution is 0.169. The van der Waals surface area contributed by atoms with E-state index >= 15 is 0 Å². The van der Waals surface area contributed by atoms with Crippen molar-refractivity contribution < 1.29 is 4.43 Å². The molecule has 98 valence electrons. The Bertz CT molecular complexity index is 210. The average Bonchev–Trinajstić information content (AvgIpc) is 2.13. The highest BCUT2D eigenvalue weighted by molar-refractivity contribution is 6.74. The van der Waals surface area contributed by atoms with Crippen LogP contribution in [-0.2, 0) is 4.43 Å². The fourth-order valence-electron chi connectivity index (χ4n) is 1.82. The van der Waals surface area contributed by atoms with Crippen molar-refractivity contribution in [3.63, 3.8) is 0 Å². The molecule has 0 N–H and O–H groups in total. The Hall–Kier alpha value is 0.394. The van der Waals surface area contributed by atoms with Crippen LogP contribution in [0.5, 0.6) is 0 Å². The van der Waals surface area contributed by atoms with Gasteiger partial charge in [-0.15, -0.1) is 0 Å². The molecule has 0 aromatic carbocycles. The summed E-state index contributed by atoms with van der Waals surface area (Å²) in [5.41, 5.74) is 0. The average molecular weight is 261 g/mol. The van der Waals surface area contributed by atoms with Crippen molar-refractivity contribution in [1.82, 2.24) is 0 Å². The highest BCUT2D eigenvalue weighted by atomic mass is 28.4. The van der Waals surface area contributed by atoms with Crippen LogP contribution >= 0.6 is 0 Å². The molecular weight excluding hydrogens is 228 g/mol. The second-order valence-electron chi connectivity index (χ2n) is 6.71. The molecule has 0 rings (SSSR count). The van der Waals surface area contributed by atoms with Gasteiger partial charge in [-0.2, -0.15) is 0 Å². The quantitative estimate of drug-likeness (QED) is 0.625. The van der Waals surface area contributed by atoms with Crippen LogP contribution in [0.3, 0.4) is 0 Å². The lowest BCUT2D eigenvalue weighted by atomic mass is 10.1. The molecule has 0 saturated heterocycles. The van der Waals surface area contributed by atoms with Crippen molar-refractivity contribution in [3.05, 3.63) is 0 Å². The molecule has 0 amide bonds. The van der Waals surface area contributed by atoms with E-state index in [0.29, 0.717) is 5.04 Å². The minimum Gasteiger partial charge on any atom is -0.415 e. The van der Waals surface area contributed by atoms with Crippen LogP contribution in [0, 0.1) is 0 Å². The summed E-state index contributed by atoms with van der Waals surface area (Å²) in [6.45, 7) is 18.8. The van der Waals surface area contributed by atoms with Crippen molar-refractivity contribution in [2.75, 3.05) is 0 Å². The molecule has 0 spiro atoms. The van der Waals surface area contributed by atoms with E-state index in [0.717, 1.165) is 0 Å². The number of hydrogen-bond donors (Lipinski definition) is 0. The van der Waals surface area contributed by atoms with Gasteiger partial charge in [0.05, 0.1) is 9.52 Å². The first kappa shape index (κ1) is 16.4. The highest BCUT2D eigenvalue weighted by Gasteiger charge is 2.43. The Morgan fingerprint density at radius 1 is 1.12 bits per heavy atom. The molecule has 0 unspecified atom stereocenters. The summed E-state index contributed by atoms with van der Waals surface area (Å²) in [4.78, 5) is 0. The molecule has 0 saturated carbocycles. The monoisotopic (exact) mass is 260 g/mol. The Kier molecular flexibility index (Phi) is 5.97. The van der Waals surface area contributed by atoms with Gasteiger partial charge in [0, 0.05) is 5.22 Å². The van der Waals surface area contributed by atoms with Crippen LogP contribution in [0.15, 0.2) is 0 Å². The first-order chi connectivity index (χ1) is 7.08. The highest BCUT2D eigenvalue weighted by Crippen LogP contribution is 2.43. The van der Waals surface area contributed by atoms with Gasteiger partial charge in [-0.1, -0.05) is 40.2 Å². The van der Waals surface area contributed by atoms with E-state index in [9.17, 15) is 0 Å². The maximum absolute atomic E-state index is 6.54. The zero-order valence-corrected chi connectivity index (χ0v) is 15.2. The molecule has 0 heterocycles. The Labute approximate surface area is 106 Å². The van der Waals surface area contributed by atoms with Gasteiger partial charge in [0.2, 0.25) is 0 Å². The summed E-state index contributed by atoms with van der Waals surface area (Å²) >= 11 is 0. The van der Waals surface area contributed by atoms with Crippen molar-refractivity contribution in [2.45, 2.75) is 83.8 Å². The van der Waals surface area contributed by atoms with Crippen molar-refractivity contribution >= 4 is 17.8 Å². The number of unbranched alkanes of at least 4 members (excludes halogenated alkanes) is 1. The van der Waals surface area contributed by atoms with Crippen LogP contribution in [-0.4, -0.2) is 23.1 Å². The minimum atomic E-state index is -1.59. The van der Waals surface area contributed by atoms with Gasteiger partial charge in [-0.05, 0) is 38.4 Å².